The smallest absolute Gasteiger partial charge is 0.148 e. The van der Waals surface area contributed by atoms with Gasteiger partial charge in [-0.05, 0) is 31.9 Å². The number of nitrogens with one attached hydrogen (secondary N) is 1. The number of aromatic nitrogens is 2. The lowest BCUT2D eigenvalue weighted by Gasteiger charge is -2.21. The molecule has 1 heterocycles. The molecule has 0 saturated heterocycles. The molecule has 16 heavy (non-hydrogen) atoms. The molecule has 88 valence electrons. The summed E-state index contributed by atoms with van der Waals surface area (Å²) in [4.78, 5) is 0. The molecule has 1 aromatic heterocycles. The van der Waals surface area contributed by atoms with Crippen molar-refractivity contribution in [1.29, 1.82) is 0 Å². The van der Waals surface area contributed by atoms with Gasteiger partial charge in [-0.1, -0.05) is 32.1 Å². The molecule has 3 nitrogen and oxygen atoms in total. The molecule has 1 aliphatic carbocycles. The zero-order chi connectivity index (χ0) is 11.2. The zero-order valence-electron chi connectivity index (χ0n) is 10.1. The third-order valence-electron chi connectivity index (χ3n) is 3.26. The Hall–Kier alpha value is -1.12. The Morgan fingerprint density at radius 2 is 1.69 bits per heavy atom. The molecular weight excluding hydrogens is 198 g/mol. The van der Waals surface area contributed by atoms with Gasteiger partial charge in [0.05, 0.1) is 5.69 Å². The molecule has 1 aromatic rings. The highest BCUT2D eigenvalue weighted by Gasteiger charge is 2.11. The van der Waals surface area contributed by atoms with Crippen LogP contribution < -0.4 is 5.32 Å². The molecule has 0 aromatic carbocycles. The predicted octanol–water partition coefficient (Wildman–Crippen LogP) is 3.31. The molecule has 0 radical (unpaired) electrons. The van der Waals surface area contributed by atoms with Crippen LogP contribution in [0.15, 0.2) is 12.1 Å². The van der Waals surface area contributed by atoms with E-state index in [4.69, 9.17) is 0 Å². The lowest BCUT2D eigenvalue weighted by molar-refractivity contribution is 0.470. The summed E-state index contributed by atoms with van der Waals surface area (Å²) in [5.74, 6) is 0.927. The van der Waals surface area contributed by atoms with Crippen molar-refractivity contribution < 1.29 is 0 Å². The topological polar surface area (TPSA) is 37.8 Å². The van der Waals surface area contributed by atoms with Crippen molar-refractivity contribution in [1.82, 2.24) is 10.2 Å². The maximum absolute atomic E-state index is 4.17. The van der Waals surface area contributed by atoms with Crippen LogP contribution in [0, 0.1) is 6.92 Å². The average Bonchev–Trinajstić information content (AvgIpc) is 2.25. The van der Waals surface area contributed by atoms with Crippen LogP contribution in [0.25, 0.3) is 0 Å². The summed E-state index contributed by atoms with van der Waals surface area (Å²) >= 11 is 0. The van der Waals surface area contributed by atoms with Gasteiger partial charge in [0, 0.05) is 6.04 Å². The van der Waals surface area contributed by atoms with E-state index in [1.54, 1.807) is 0 Å². The van der Waals surface area contributed by atoms with Gasteiger partial charge in [0.1, 0.15) is 5.82 Å². The second-order valence-corrected chi connectivity index (χ2v) is 4.75. The van der Waals surface area contributed by atoms with Crippen LogP contribution in [0.2, 0.25) is 0 Å². The highest BCUT2D eigenvalue weighted by atomic mass is 15.2. The van der Waals surface area contributed by atoms with Gasteiger partial charge in [-0.15, -0.1) is 5.10 Å². The third-order valence-corrected chi connectivity index (χ3v) is 3.26. The second kappa shape index (κ2) is 5.83. The van der Waals surface area contributed by atoms with Gasteiger partial charge < -0.3 is 5.32 Å². The molecule has 1 fully saturated rings. The van der Waals surface area contributed by atoms with Crippen LogP contribution in [0.5, 0.6) is 0 Å². The van der Waals surface area contributed by atoms with Gasteiger partial charge >= 0.3 is 0 Å². The summed E-state index contributed by atoms with van der Waals surface area (Å²) in [5.41, 5.74) is 0.975. The van der Waals surface area contributed by atoms with Crippen molar-refractivity contribution >= 4 is 5.82 Å². The number of nitrogens with zero attached hydrogens (tertiary/aromatic N) is 2. The van der Waals surface area contributed by atoms with E-state index in [9.17, 15) is 0 Å². The Morgan fingerprint density at radius 3 is 2.31 bits per heavy atom. The minimum atomic E-state index is 0.595. The number of anilines is 1. The molecule has 2 rings (SSSR count). The molecule has 3 heteroatoms. The monoisotopic (exact) mass is 219 g/mol. The first-order valence-electron chi connectivity index (χ1n) is 6.41. The molecule has 1 N–H and O–H groups in total. The van der Waals surface area contributed by atoms with E-state index in [2.05, 4.69) is 15.5 Å². The van der Waals surface area contributed by atoms with Crippen molar-refractivity contribution in [2.75, 3.05) is 5.32 Å². The SMILES string of the molecule is Cc1ccc(NC2CCCCCCC2)nn1. The first-order valence-corrected chi connectivity index (χ1v) is 6.41. The fraction of sp³-hybridized carbons (Fsp3) is 0.692. The molecule has 0 atom stereocenters. The van der Waals surface area contributed by atoms with Crippen molar-refractivity contribution in [3.63, 3.8) is 0 Å². The van der Waals surface area contributed by atoms with Crippen LogP contribution in [0.3, 0.4) is 0 Å². The lowest BCUT2D eigenvalue weighted by atomic mass is 9.97. The summed E-state index contributed by atoms with van der Waals surface area (Å²) in [7, 11) is 0. The number of hydrogen-bond donors (Lipinski definition) is 1. The van der Waals surface area contributed by atoms with Crippen LogP contribution in [-0.4, -0.2) is 16.2 Å². The van der Waals surface area contributed by atoms with E-state index >= 15 is 0 Å². The van der Waals surface area contributed by atoms with Gasteiger partial charge in [0.15, 0.2) is 0 Å². The normalized spacial score (nSPS) is 18.8. The maximum Gasteiger partial charge on any atom is 0.148 e. The van der Waals surface area contributed by atoms with Crippen molar-refractivity contribution in [3.05, 3.63) is 17.8 Å². The average molecular weight is 219 g/mol. The quantitative estimate of drug-likeness (QED) is 0.829. The highest BCUT2D eigenvalue weighted by molar-refractivity contribution is 5.33. The van der Waals surface area contributed by atoms with Gasteiger partial charge in [0.25, 0.3) is 0 Å². The Kier molecular flexibility index (Phi) is 4.14. The van der Waals surface area contributed by atoms with Crippen LogP contribution in [-0.2, 0) is 0 Å². The van der Waals surface area contributed by atoms with E-state index in [-0.39, 0.29) is 0 Å². The van der Waals surface area contributed by atoms with Crippen LogP contribution in [0.1, 0.15) is 50.6 Å². The van der Waals surface area contributed by atoms with E-state index in [1.165, 1.54) is 44.9 Å². The Balaban J connectivity index is 1.89. The Morgan fingerprint density at radius 1 is 1.00 bits per heavy atom. The summed E-state index contributed by atoms with van der Waals surface area (Å²) in [6.45, 7) is 1.96. The molecule has 0 unspecified atom stereocenters. The Labute approximate surface area is 97.7 Å². The third kappa shape index (κ3) is 3.47. The summed E-state index contributed by atoms with van der Waals surface area (Å²) in [6, 6.07) is 4.64. The first kappa shape index (κ1) is 11.4. The zero-order valence-corrected chi connectivity index (χ0v) is 10.1. The largest absolute Gasteiger partial charge is 0.366 e. The predicted molar refractivity (Wildman–Crippen MR) is 66.5 cm³/mol. The number of aryl methyl sites for hydroxylation is 1. The van der Waals surface area contributed by atoms with E-state index < -0.39 is 0 Å². The summed E-state index contributed by atoms with van der Waals surface area (Å²) < 4.78 is 0. The Bertz CT molecular complexity index is 299. The van der Waals surface area contributed by atoms with Crippen LogP contribution in [0.4, 0.5) is 5.82 Å². The molecule has 0 aliphatic heterocycles. The minimum Gasteiger partial charge on any atom is -0.366 e. The van der Waals surface area contributed by atoms with Crippen molar-refractivity contribution in [3.8, 4) is 0 Å². The lowest BCUT2D eigenvalue weighted by Crippen LogP contribution is -2.21. The molecule has 0 amide bonds. The van der Waals surface area contributed by atoms with Gasteiger partial charge in [-0.3, -0.25) is 0 Å². The maximum atomic E-state index is 4.17. The van der Waals surface area contributed by atoms with E-state index in [1.807, 2.05) is 19.1 Å². The molecule has 0 bridgehead atoms. The summed E-state index contributed by atoms with van der Waals surface area (Å²) in [6.07, 6.45) is 9.42. The fourth-order valence-corrected chi connectivity index (χ4v) is 2.29. The van der Waals surface area contributed by atoms with Crippen molar-refractivity contribution in [2.24, 2.45) is 0 Å². The van der Waals surface area contributed by atoms with Gasteiger partial charge in [0.2, 0.25) is 0 Å². The second-order valence-electron chi connectivity index (χ2n) is 4.75. The molecule has 1 aliphatic rings. The van der Waals surface area contributed by atoms with E-state index in [0.29, 0.717) is 6.04 Å². The van der Waals surface area contributed by atoms with Crippen molar-refractivity contribution in [2.45, 2.75) is 57.9 Å². The first-order chi connectivity index (χ1) is 7.84. The van der Waals surface area contributed by atoms with Gasteiger partial charge in [-0.2, -0.15) is 5.10 Å². The standard InChI is InChI=1S/C13H21N3/c1-11-9-10-13(16-15-11)14-12-7-5-3-2-4-6-8-12/h9-10,12H,2-8H2,1H3,(H,14,16). The van der Waals surface area contributed by atoms with Crippen LogP contribution >= 0.6 is 0 Å². The minimum absolute atomic E-state index is 0.595. The van der Waals surface area contributed by atoms with E-state index in [0.717, 1.165) is 11.5 Å². The van der Waals surface area contributed by atoms with Gasteiger partial charge in [-0.25, -0.2) is 0 Å². The number of hydrogen-bond acceptors (Lipinski definition) is 3. The molecule has 1 saturated carbocycles. The number of rotatable bonds is 2. The molecule has 0 spiro atoms. The summed E-state index contributed by atoms with van der Waals surface area (Å²) in [5, 5.41) is 11.7. The fourth-order valence-electron chi connectivity index (χ4n) is 2.29. The molecular formula is C13H21N3. The highest BCUT2D eigenvalue weighted by Crippen LogP contribution is 2.19.